The molecule has 1 atom stereocenters. The van der Waals surface area contributed by atoms with Crippen LogP contribution in [0.4, 0.5) is 0 Å². The third-order valence-electron chi connectivity index (χ3n) is 4.53. The number of nitrogens with two attached hydrogens (primary N) is 2. The van der Waals surface area contributed by atoms with Crippen LogP contribution in [0.25, 0.3) is 0 Å². The molecule has 1 heterocycles. The number of carbonyl (C=O) groups is 2. The number of carboxylic acids is 2. The second-order valence-electron chi connectivity index (χ2n) is 7.76. The Balaban J connectivity index is 0.000000527. The van der Waals surface area contributed by atoms with Crippen molar-refractivity contribution in [2.24, 2.45) is 11.5 Å². The minimum Gasteiger partial charge on any atom is -0.473 e. The van der Waals surface area contributed by atoms with E-state index in [-0.39, 0.29) is 11.6 Å². The van der Waals surface area contributed by atoms with Crippen molar-refractivity contribution in [1.29, 1.82) is 0 Å². The van der Waals surface area contributed by atoms with E-state index in [1.165, 1.54) is 43.5 Å². The van der Waals surface area contributed by atoms with Gasteiger partial charge in [-0.1, -0.05) is 30.7 Å². The zero-order valence-electron chi connectivity index (χ0n) is 16.4. The van der Waals surface area contributed by atoms with Crippen molar-refractivity contribution in [3.63, 3.8) is 0 Å². The van der Waals surface area contributed by atoms with Crippen LogP contribution < -0.4 is 11.5 Å². The zero-order valence-corrected chi connectivity index (χ0v) is 16.4. The number of hydrogen-bond donors (Lipinski definition) is 4. The second kappa shape index (κ2) is 11.0. The van der Waals surface area contributed by atoms with Crippen molar-refractivity contribution >= 4 is 11.9 Å². The van der Waals surface area contributed by atoms with E-state index >= 15 is 0 Å². The fourth-order valence-electron chi connectivity index (χ4n) is 3.26. The fraction of sp³-hybridized carbons (Fsp3) is 0.600. The van der Waals surface area contributed by atoms with E-state index in [9.17, 15) is 0 Å². The molecule has 1 unspecified atom stereocenters. The Morgan fingerprint density at radius 3 is 2.19 bits per heavy atom. The molecule has 1 fully saturated rings. The maximum atomic E-state index is 9.10. The van der Waals surface area contributed by atoms with Crippen molar-refractivity contribution in [1.82, 2.24) is 4.90 Å². The van der Waals surface area contributed by atoms with Gasteiger partial charge < -0.3 is 26.6 Å². The lowest BCUT2D eigenvalue weighted by Crippen LogP contribution is -2.36. The summed E-state index contributed by atoms with van der Waals surface area (Å²) in [6, 6.07) is 8.63. The summed E-state index contributed by atoms with van der Waals surface area (Å²) in [5.74, 6) is -3.65. The van der Waals surface area contributed by atoms with Crippen molar-refractivity contribution in [3.05, 3.63) is 35.4 Å². The molecule has 1 aromatic rings. The van der Waals surface area contributed by atoms with E-state index in [1.54, 1.807) is 0 Å². The molecule has 27 heavy (non-hydrogen) atoms. The van der Waals surface area contributed by atoms with Gasteiger partial charge in [0.2, 0.25) is 0 Å². The van der Waals surface area contributed by atoms with Gasteiger partial charge in [0.05, 0.1) is 0 Å². The molecule has 7 nitrogen and oxygen atoms in total. The monoisotopic (exact) mass is 379 g/mol. The van der Waals surface area contributed by atoms with Crippen LogP contribution in [0.2, 0.25) is 0 Å². The normalized spacial score (nSPS) is 16.1. The third kappa shape index (κ3) is 9.51. The predicted molar refractivity (Wildman–Crippen MR) is 106 cm³/mol. The Kier molecular flexibility index (Phi) is 9.41. The number of benzene rings is 1. The minimum absolute atomic E-state index is 0.0301. The summed E-state index contributed by atoms with van der Waals surface area (Å²) in [5, 5.41) is 14.8. The van der Waals surface area contributed by atoms with E-state index < -0.39 is 11.9 Å². The van der Waals surface area contributed by atoms with E-state index in [2.05, 4.69) is 29.2 Å². The molecule has 0 aromatic heterocycles. The summed E-state index contributed by atoms with van der Waals surface area (Å²) in [4.78, 5) is 20.8. The fourth-order valence-corrected chi connectivity index (χ4v) is 3.26. The predicted octanol–water partition coefficient (Wildman–Crippen LogP) is 2.00. The summed E-state index contributed by atoms with van der Waals surface area (Å²) < 4.78 is 0. The van der Waals surface area contributed by atoms with Gasteiger partial charge in [0, 0.05) is 18.1 Å². The SMILES string of the molecule is CC(C)(N)CC(N)c1ccccc1CCN1CCCCC1.O=C(O)C(=O)O. The quantitative estimate of drug-likeness (QED) is 0.556. The Morgan fingerprint density at radius 2 is 1.67 bits per heavy atom. The summed E-state index contributed by atoms with van der Waals surface area (Å²) in [6.45, 7) is 7.75. The average molecular weight is 380 g/mol. The van der Waals surface area contributed by atoms with Crippen LogP contribution in [-0.2, 0) is 16.0 Å². The van der Waals surface area contributed by atoms with Gasteiger partial charge in [-0.3, -0.25) is 0 Å². The summed E-state index contributed by atoms with van der Waals surface area (Å²) in [5.41, 5.74) is 15.0. The molecule has 0 aliphatic carbocycles. The van der Waals surface area contributed by atoms with Gasteiger partial charge in [0.25, 0.3) is 0 Å². The molecule has 152 valence electrons. The molecule has 6 N–H and O–H groups in total. The number of piperidine rings is 1. The van der Waals surface area contributed by atoms with Crippen molar-refractivity contribution in [3.8, 4) is 0 Å². The minimum atomic E-state index is -1.82. The first kappa shape index (κ1) is 23.1. The smallest absolute Gasteiger partial charge is 0.414 e. The summed E-state index contributed by atoms with van der Waals surface area (Å²) >= 11 is 0. The van der Waals surface area contributed by atoms with Gasteiger partial charge in [-0.25, -0.2) is 9.59 Å². The van der Waals surface area contributed by atoms with E-state index in [4.69, 9.17) is 31.3 Å². The van der Waals surface area contributed by atoms with Crippen molar-refractivity contribution < 1.29 is 19.8 Å². The summed E-state index contributed by atoms with van der Waals surface area (Å²) in [6.07, 6.45) is 6.00. The number of rotatable bonds is 6. The highest BCUT2D eigenvalue weighted by Crippen LogP contribution is 2.24. The molecule has 2 rings (SSSR count). The first-order valence-electron chi connectivity index (χ1n) is 9.41. The van der Waals surface area contributed by atoms with Crippen molar-refractivity contribution in [2.45, 2.75) is 57.5 Å². The van der Waals surface area contributed by atoms with Gasteiger partial charge in [-0.2, -0.15) is 0 Å². The average Bonchev–Trinajstić information content (AvgIpc) is 2.60. The number of hydrogen-bond acceptors (Lipinski definition) is 5. The molecule has 1 saturated heterocycles. The maximum absolute atomic E-state index is 9.10. The molecule has 0 saturated carbocycles. The molecule has 1 aliphatic heterocycles. The van der Waals surface area contributed by atoms with Crippen LogP contribution in [0.3, 0.4) is 0 Å². The van der Waals surface area contributed by atoms with Crippen LogP contribution >= 0.6 is 0 Å². The highest BCUT2D eigenvalue weighted by molar-refractivity contribution is 6.27. The molecule has 1 aliphatic rings. The highest BCUT2D eigenvalue weighted by Gasteiger charge is 2.19. The topological polar surface area (TPSA) is 130 Å². The lowest BCUT2D eigenvalue weighted by Gasteiger charge is -2.28. The molecule has 0 amide bonds. The second-order valence-corrected chi connectivity index (χ2v) is 7.76. The number of nitrogens with zero attached hydrogens (tertiary/aromatic N) is 1. The maximum Gasteiger partial charge on any atom is 0.414 e. The standard InChI is InChI=1S/C18H31N3.C2H2O4/c1-18(2,20)14-17(19)16-9-5-4-8-15(16)10-13-21-11-6-3-7-12-21;3-1(4)2(5)6/h4-5,8-9,17H,3,6-7,10-14,19-20H2,1-2H3;(H,3,4)(H,5,6). The molecular formula is C20H33N3O4. The van der Waals surface area contributed by atoms with Crippen molar-refractivity contribution in [2.75, 3.05) is 19.6 Å². The van der Waals surface area contributed by atoms with Crippen LogP contribution in [0.15, 0.2) is 24.3 Å². The molecule has 0 bridgehead atoms. The van der Waals surface area contributed by atoms with E-state index in [0.29, 0.717) is 0 Å². The molecule has 0 spiro atoms. The van der Waals surface area contributed by atoms with Crippen LogP contribution in [0, 0.1) is 0 Å². The summed E-state index contributed by atoms with van der Waals surface area (Å²) in [7, 11) is 0. The van der Waals surface area contributed by atoms with Gasteiger partial charge in [0.15, 0.2) is 0 Å². The first-order valence-corrected chi connectivity index (χ1v) is 9.41. The molecule has 0 radical (unpaired) electrons. The van der Waals surface area contributed by atoms with Gasteiger partial charge in [-0.05, 0) is 63.7 Å². The Hall–Kier alpha value is -1.96. The highest BCUT2D eigenvalue weighted by atomic mass is 16.4. The lowest BCUT2D eigenvalue weighted by molar-refractivity contribution is -0.159. The largest absolute Gasteiger partial charge is 0.473 e. The van der Waals surface area contributed by atoms with Crippen LogP contribution in [-0.4, -0.2) is 52.2 Å². The van der Waals surface area contributed by atoms with Gasteiger partial charge in [0.1, 0.15) is 0 Å². The third-order valence-corrected chi connectivity index (χ3v) is 4.53. The Labute approximate surface area is 161 Å². The number of carboxylic acid groups (broad SMARTS) is 2. The first-order chi connectivity index (χ1) is 12.6. The number of aliphatic carboxylic acids is 2. The van der Waals surface area contributed by atoms with Gasteiger partial charge in [-0.15, -0.1) is 0 Å². The number of likely N-dealkylation sites (tertiary alicyclic amines) is 1. The molecular weight excluding hydrogens is 346 g/mol. The Bertz CT molecular complexity index is 595. The van der Waals surface area contributed by atoms with Gasteiger partial charge >= 0.3 is 11.9 Å². The zero-order chi connectivity index (χ0) is 20.4. The lowest BCUT2D eigenvalue weighted by atomic mass is 9.89. The molecule has 1 aromatic carbocycles. The van der Waals surface area contributed by atoms with Crippen LogP contribution in [0.5, 0.6) is 0 Å². The van der Waals surface area contributed by atoms with E-state index in [1.807, 2.05) is 13.8 Å². The molecule has 7 heteroatoms. The van der Waals surface area contributed by atoms with Crippen LogP contribution in [0.1, 0.15) is 56.7 Å². The Morgan fingerprint density at radius 1 is 1.11 bits per heavy atom. The van der Waals surface area contributed by atoms with E-state index in [0.717, 1.165) is 19.4 Å².